The van der Waals surface area contributed by atoms with Crippen LogP contribution in [0.1, 0.15) is 31.9 Å². The molecule has 1 aliphatic rings. The number of benzene rings is 1. The topological polar surface area (TPSA) is 66.0 Å². The molecule has 0 saturated heterocycles. The van der Waals surface area contributed by atoms with Crippen LogP contribution >= 0.6 is 24.0 Å². The molecule has 1 unspecified atom stereocenters. The highest BCUT2D eigenvalue weighted by Crippen LogP contribution is 2.31. The fraction of sp³-hybridized carbons (Fsp3) is 0.529. The van der Waals surface area contributed by atoms with Crippen LogP contribution in [0.2, 0.25) is 0 Å². The van der Waals surface area contributed by atoms with Crippen molar-refractivity contribution in [1.29, 1.82) is 0 Å². The molecule has 1 atom stereocenters. The summed E-state index contributed by atoms with van der Waals surface area (Å²) < 4.78 is 5.68. The molecule has 2 N–H and O–H groups in total. The van der Waals surface area contributed by atoms with Gasteiger partial charge >= 0.3 is 0 Å². The van der Waals surface area contributed by atoms with Crippen molar-refractivity contribution in [3.63, 3.8) is 0 Å². The number of para-hydroxylation sites is 1. The van der Waals surface area contributed by atoms with Gasteiger partial charge in [-0.2, -0.15) is 0 Å². The van der Waals surface area contributed by atoms with Gasteiger partial charge in [-0.05, 0) is 19.9 Å². The molecule has 1 amide bonds. The molecule has 1 aromatic rings. The summed E-state index contributed by atoms with van der Waals surface area (Å²) in [6, 6.07) is 8.36. The van der Waals surface area contributed by atoms with Crippen molar-refractivity contribution in [2.24, 2.45) is 4.99 Å². The fourth-order valence-electron chi connectivity index (χ4n) is 2.35. The van der Waals surface area contributed by atoms with Crippen molar-refractivity contribution in [3.8, 4) is 5.75 Å². The van der Waals surface area contributed by atoms with E-state index in [0.29, 0.717) is 12.6 Å². The van der Waals surface area contributed by atoms with Crippen molar-refractivity contribution in [1.82, 2.24) is 15.5 Å². The number of carbonyl (C=O) groups is 1. The first kappa shape index (κ1) is 20.5. The van der Waals surface area contributed by atoms with Gasteiger partial charge in [0, 0.05) is 32.1 Å². The Kier molecular flexibility index (Phi) is 8.30. The second-order valence-corrected chi connectivity index (χ2v) is 6.12. The molecule has 0 radical (unpaired) electrons. The van der Waals surface area contributed by atoms with E-state index in [1.54, 1.807) is 19.0 Å². The number of likely N-dealkylation sites (N-methyl/N-ethyl adjacent to an activating group) is 1. The summed E-state index contributed by atoms with van der Waals surface area (Å²) in [4.78, 5) is 17.7. The van der Waals surface area contributed by atoms with Crippen LogP contribution in [0, 0.1) is 0 Å². The van der Waals surface area contributed by atoms with Gasteiger partial charge in [0.25, 0.3) is 0 Å². The average Bonchev–Trinajstić information content (AvgIpc) is 2.52. The van der Waals surface area contributed by atoms with E-state index in [9.17, 15) is 4.79 Å². The van der Waals surface area contributed by atoms with E-state index >= 15 is 0 Å². The molecule has 1 aromatic carbocycles. The van der Waals surface area contributed by atoms with E-state index in [1.165, 1.54) is 0 Å². The summed E-state index contributed by atoms with van der Waals surface area (Å²) in [5.41, 5.74) is 1.12. The first-order valence-corrected chi connectivity index (χ1v) is 7.96. The van der Waals surface area contributed by atoms with Crippen LogP contribution in [0.15, 0.2) is 29.3 Å². The first-order chi connectivity index (χ1) is 11.0. The van der Waals surface area contributed by atoms with Gasteiger partial charge in [-0.25, -0.2) is 4.99 Å². The normalized spacial score (nSPS) is 16.5. The molecule has 1 aliphatic heterocycles. The number of aliphatic imine (C=N–C) groups is 1. The van der Waals surface area contributed by atoms with Crippen LogP contribution < -0.4 is 15.4 Å². The van der Waals surface area contributed by atoms with Crippen LogP contribution in [-0.4, -0.2) is 50.1 Å². The molecule has 0 bridgehead atoms. The highest BCUT2D eigenvalue weighted by molar-refractivity contribution is 14.0. The summed E-state index contributed by atoms with van der Waals surface area (Å²) in [6.45, 7) is 4.88. The minimum Gasteiger partial charge on any atom is -0.493 e. The Morgan fingerprint density at radius 3 is 2.75 bits per heavy atom. The number of amides is 1. The monoisotopic (exact) mass is 446 g/mol. The number of rotatable bonds is 4. The average molecular weight is 446 g/mol. The second kappa shape index (κ2) is 9.71. The number of hydrogen-bond donors (Lipinski definition) is 2. The van der Waals surface area contributed by atoms with Gasteiger partial charge in [0.05, 0.1) is 12.6 Å². The highest BCUT2D eigenvalue weighted by atomic mass is 127. The predicted octanol–water partition coefficient (Wildman–Crippen LogP) is 2.16. The molecule has 0 aromatic heterocycles. The number of guanidine groups is 1. The SMILES string of the molecule is CC(C)NC(=NCC(=O)N(C)C)NC1CCOc2ccccc21.I. The largest absolute Gasteiger partial charge is 0.493 e. The van der Waals surface area contributed by atoms with E-state index in [0.717, 1.165) is 17.7 Å². The smallest absolute Gasteiger partial charge is 0.243 e. The molecule has 1 heterocycles. The second-order valence-electron chi connectivity index (χ2n) is 6.12. The molecular weight excluding hydrogens is 419 g/mol. The Labute approximate surface area is 161 Å². The summed E-state index contributed by atoms with van der Waals surface area (Å²) in [5.74, 6) is 1.53. The summed E-state index contributed by atoms with van der Waals surface area (Å²) in [6.07, 6.45) is 0.859. The van der Waals surface area contributed by atoms with Gasteiger partial charge < -0.3 is 20.3 Å². The fourth-order valence-corrected chi connectivity index (χ4v) is 2.35. The van der Waals surface area contributed by atoms with Crippen LogP contribution in [0.25, 0.3) is 0 Å². The molecule has 0 fully saturated rings. The quantitative estimate of drug-likeness (QED) is 0.423. The Hall–Kier alpha value is -1.51. The third-order valence-electron chi connectivity index (χ3n) is 3.57. The molecule has 0 saturated carbocycles. The Balaban J connectivity index is 0.00000288. The van der Waals surface area contributed by atoms with Gasteiger partial charge in [0.15, 0.2) is 5.96 Å². The van der Waals surface area contributed by atoms with Gasteiger partial charge in [-0.3, -0.25) is 4.79 Å². The number of ether oxygens (including phenoxy) is 1. The van der Waals surface area contributed by atoms with E-state index in [-0.39, 0.29) is 48.5 Å². The zero-order valence-electron chi connectivity index (χ0n) is 14.7. The number of hydrogen-bond acceptors (Lipinski definition) is 3. The number of nitrogens with one attached hydrogen (secondary N) is 2. The Morgan fingerprint density at radius 2 is 2.08 bits per heavy atom. The molecule has 7 heteroatoms. The predicted molar refractivity (Wildman–Crippen MR) is 107 cm³/mol. The third kappa shape index (κ3) is 5.85. The lowest BCUT2D eigenvalue weighted by atomic mass is 10.0. The summed E-state index contributed by atoms with van der Waals surface area (Å²) >= 11 is 0. The maximum atomic E-state index is 11.8. The Bertz CT molecular complexity index is 575. The maximum Gasteiger partial charge on any atom is 0.243 e. The third-order valence-corrected chi connectivity index (χ3v) is 3.57. The van der Waals surface area contributed by atoms with Crippen molar-refractivity contribution in [2.75, 3.05) is 27.2 Å². The molecular formula is C17H27IN4O2. The zero-order valence-corrected chi connectivity index (χ0v) is 17.0. The molecule has 2 rings (SSSR count). The zero-order chi connectivity index (χ0) is 16.8. The first-order valence-electron chi connectivity index (χ1n) is 7.96. The number of fused-ring (bicyclic) bond motifs is 1. The van der Waals surface area contributed by atoms with E-state index in [2.05, 4.69) is 21.7 Å². The van der Waals surface area contributed by atoms with Gasteiger partial charge in [0.2, 0.25) is 5.91 Å². The van der Waals surface area contributed by atoms with Crippen molar-refractivity contribution < 1.29 is 9.53 Å². The number of carbonyl (C=O) groups excluding carboxylic acids is 1. The molecule has 0 aliphatic carbocycles. The minimum absolute atomic E-state index is 0. The van der Waals surface area contributed by atoms with E-state index in [1.807, 2.05) is 32.0 Å². The van der Waals surface area contributed by atoms with Crippen LogP contribution in [0.5, 0.6) is 5.75 Å². The lowest BCUT2D eigenvalue weighted by Crippen LogP contribution is -2.44. The summed E-state index contributed by atoms with van der Waals surface area (Å²) in [5, 5.41) is 6.71. The minimum atomic E-state index is -0.0257. The van der Waals surface area contributed by atoms with E-state index in [4.69, 9.17) is 4.74 Å². The van der Waals surface area contributed by atoms with Crippen LogP contribution in [0.4, 0.5) is 0 Å². The lowest BCUT2D eigenvalue weighted by molar-refractivity contribution is -0.127. The lowest BCUT2D eigenvalue weighted by Gasteiger charge is -2.28. The molecule has 0 spiro atoms. The molecule has 24 heavy (non-hydrogen) atoms. The van der Waals surface area contributed by atoms with Gasteiger partial charge in [-0.15, -0.1) is 24.0 Å². The van der Waals surface area contributed by atoms with Crippen LogP contribution in [0.3, 0.4) is 0 Å². The van der Waals surface area contributed by atoms with Crippen molar-refractivity contribution in [2.45, 2.75) is 32.4 Å². The maximum absolute atomic E-state index is 11.8. The molecule has 6 nitrogen and oxygen atoms in total. The Morgan fingerprint density at radius 1 is 1.38 bits per heavy atom. The highest BCUT2D eigenvalue weighted by Gasteiger charge is 2.22. The van der Waals surface area contributed by atoms with Crippen molar-refractivity contribution in [3.05, 3.63) is 29.8 Å². The van der Waals surface area contributed by atoms with E-state index < -0.39 is 0 Å². The van der Waals surface area contributed by atoms with Crippen molar-refractivity contribution >= 4 is 35.8 Å². The van der Waals surface area contributed by atoms with Gasteiger partial charge in [-0.1, -0.05) is 18.2 Å². The molecule has 134 valence electrons. The van der Waals surface area contributed by atoms with Gasteiger partial charge in [0.1, 0.15) is 12.3 Å². The summed E-state index contributed by atoms with van der Waals surface area (Å²) in [7, 11) is 3.46. The standard InChI is InChI=1S/C17H26N4O2.HI/c1-12(2)19-17(18-11-16(22)21(3)4)20-14-9-10-23-15-8-6-5-7-13(14)15;/h5-8,12,14H,9-11H2,1-4H3,(H2,18,19,20);1H. The number of nitrogens with zero attached hydrogens (tertiary/aromatic N) is 2. The number of halogens is 1. The van der Waals surface area contributed by atoms with Crippen LogP contribution in [-0.2, 0) is 4.79 Å².